The Morgan fingerprint density at radius 2 is 1.09 bits per heavy atom. The van der Waals surface area contributed by atoms with Gasteiger partial charge in [-0.05, 0) is 78.2 Å². The lowest BCUT2D eigenvalue weighted by molar-refractivity contribution is 0.522. The fourth-order valence-electron chi connectivity index (χ4n) is 7.67. The predicted molar refractivity (Wildman–Crippen MR) is 211 cm³/mol. The fraction of sp³-hybridized carbons (Fsp3) is 0.455. The maximum Gasteiger partial charge on any atom is 0.146 e. The topological polar surface area (TPSA) is 0 Å². The number of benzene rings is 4. The molecule has 242 valence electrons. The monoisotopic (exact) mass is 642 g/mol. The van der Waals surface area contributed by atoms with Crippen molar-refractivity contribution in [3.05, 3.63) is 94.5 Å². The van der Waals surface area contributed by atoms with Crippen molar-refractivity contribution in [2.75, 3.05) is 0 Å². The van der Waals surface area contributed by atoms with Gasteiger partial charge in [0, 0.05) is 11.1 Å². The zero-order valence-corrected chi connectivity index (χ0v) is 33.3. The summed E-state index contributed by atoms with van der Waals surface area (Å²) in [5.74, 6) is 7.63. The van der Waals surface area contributed by atoms with E-state index >= 15 is 0 Å². The first-order valence-corrected chi connectivity index (χ1v) is 23.2. The number of hydrogen-bond donors (Lipinski definition) is 0. The lowest BCUT2D eigenvalue weighted by atomic mass is 9.75. The van der Waals surface area contributed by atoms with Crippen LogP contribution in [0.5, 0.6) is 0 Å². The quantitative estimate of drug-likeness (QED) is 0.145. The van der Waals surface area contributed by atoms with Gasteiger partial charge in [0.1, 0.15) is 16.1 Å². The van der Waals surface area contributed by atoms with Gasteiger partial charge in [0.05, 0.1) is 0 Å². The summed E-state index contributed by atoms with van der Waals surface area (Å²) in [7, 11) is -3.45. The summed E-state index contributed by atoms with van der Waals surface area (Å²) < 4.78 is 0. The highest BCUT2D eigenvalue weighted by Gasteiger charge is 2.42. The van der Waals surface area contributed by atoms with Gasteiger partial charge in [-0.1, -0.05) is 168 Å². The second-order valence-corrected chi connectivity index (χ2v) is 27.5. The van der Waals surface area contributed by atoms with Gasteiger partial charge in [0.25, 0.3) is 0 Å². The molecule has 46 heavy (non-hydrogen) atoms. The Labute approximate surface area is 283 Å². The average Bonchev–Trinajstić information content (AvgIpc) is 2.94. The van der Waals surface area contributed by atoms with Crippen molar-refractivity contribution in [3.8, 4) is 22.9 Å². The first-order valence-electron chi connectivity index (χ1n) is 17.4. The third-order valence-corrected chi connectivity index (χ3v) is 17.2. The first kappa shape index (κ1) is 35.8. The van der Waals surface area contributed by atoms with Gasteiger partial charge in [-0.25, -0.2) is 0 Å². The minimum Gasteiger partial charge on any atom is -0.127 e. The number of rotatable bonds is 6. The second kappa shape index (κ2) is 13.2. The fourth-order valence-corrected chi connectivity index (χ4v) is 13.4. The largest absolute Gasteiger partial charge is 0.146 e. The summed E-state index contributed by atoms with van der Waals surface area (Å²) in [4.78, 5) is 0. The highest BCUT2D eigenvalue weighted by molar-refractivity contribution is 6.90. The highest BCUT2D eigenvalue weighted by Crippen LogP contribution is 2.42. The normalized spacial score (nSPS) is 12.9. The van der Waals surface area contributed by atoms with Gasteiger partial charge in [0.15, 0.2) is 0 Å². The van der Waals surface area contributed by atoms with Crippen LogP contribution >= 0.6 is 0 Å². The maximum absolute atomic E-state index is 4.07. The molecule has 0 nitrogen and oxygen atoms in total. The summed E-state index contributed by atoms with van der Waals surface area (Å²) in [6.45, 7) is 33.1. The Morgan fingerprint density at radius 3 is 1.65 bits per heavy atom. The van der Waals surface area contributed by atoms with E-state index in [2.05, 4.69) is 185 Å². The van der Waals surface area contributed by atoms with Crippen LogP contribution in [0.4, 0.5) is 0 Å². The molecule has 0 saturated heterocycles. The van der Waals surface area contributed by atoms with Gasteiger partial charge in [-0.2, -0.15) is 0 Å². The predicted octanol–water partition coefficient (Wildman–Crippen LogP) is 12.6. The molecule has 2 heteroatoms. The lowest BCUT2D eigenvalue weighted by Gasteiger charge is -2.38. The molecule has 0 atom stereocenters. The van der Waals surface area contributed by atoms with Gasteiger partial charge in [-0.15, -0.1) is 11.1 Å². The molecule has 0 heterocycles. The van der Waals surface area contributed by atoms with Crippen molar-refractivity contribution >= 4 is 37.7 Å². The Kier molecular flexibility index (Phi) is 10.3. The molecule has 4 aromatic carbocycles. The Hall–Kier alpha value is -3.05. The van der Waals surface area contributed by atoms with E-state index in [1.54, 1.807) is 0 Å². The standard InChI is InChI=1S/C44H58Si2/c1-31(2)46(32(3)4,33(5)6)28-26-38-37-18-16-15-17-35(37)22-24-42(38)44(10,11)30-34-19-20-36-21-23-41(43(7,8)9)39(40(36)29-34)25-27-45(12,13)14/h15-24,29,31-33H,30H2,1-14H3. The molecule has 4 aromatic rings. The van der Waals surface area contributed by atoms with Crippen molar-refractivity contribution in [2.45, 2.75) is 130 Å². The average molecular weight is 643 g/mol. The van der Waals surface area contributed by atoms with Crippen molar-refractivity contribution in [1.29, 1.82) is 0 Å². The molecule has 0 bridgehead atoms. The maximum atomic E-state index is 4.07. The van der Waals surface area contributed by atoms with Gasteiger partial charge in [0.2, 0.25) is 0 Å². The van der Waals surface area contributed by atoms with Crippen LogP contribution < -0.4 is 0 Å². The Balaban J connectivity index is 1.92. The van der Waals surface area contributed by atoms with E-state index in [0.717, 1.165) is 6.42 Å². The molecule has 0 amide bonds. The lowest BCUT2D eigenvalue weighted by Crippen LogP contribution is -2.43. The van der Waals surface area contributed by atoms with Gasteiger partial charge < -0.3 is 0 Å². The molecule has 0 saturated carbocycles. The molecule has 0 aliphatic rings. The summed E-state index contributed by atoms with van der Waals surface area (Å²) >= 11 is 0. The minimum atomic E-state index is -1.90. The second-order valence-electron chi connectivity index (χ2n) is 17.2. The van der Waals surface area contributed by atoms with Crippen molar-refractivity contribution in [3.63, 3.8) is 0 Å². The van der Waals surface area contributed by atoms with Crippen LogP contribution in [0.15, 0.2) is 66.7 Å². The van der Waals surface area contributed by atoms with E-state index in [9.17, 15) is 0 Å². The van der Waals surface area contributed by atoms with E-state index in [1.807, 2.05) is 0 Å². The smallest absolute Gasteiger partial charge is 0.127 e. The Bertz CT molecular complexity index is 1830. The van der Waals surface area contributed by atoms with Crippen LogP contribution in [0.25, 0.3) is 21.5 Å². The zero-order valence-electron chi connectivity index (χ0n) is 31.3. The Morgan fingerprint density at radius 1 is 0.587 bits per heavy atom. The van der Waals surface area contributed by atoms with Crippen LogP contribution in [0.3, 0.4) is 0 Å². The molecule has 0 N–H and O–H groups in total. The van der Waals surface area contributed by atoms with E-state index in [-0.39, 0.29) is 10.8 Å². The molecule has 0 radical (unpaired) electrons. The molecular weight excluding hydrogens is 585 g/mol. The van der Waals surface area contributed by atoms with Crippen LogP contribution in [-0.2, 0) is 17.3 Å². The third-order valence-electron chi connectivity index (χ3n) is 10.0. The summed E-state index contributed by atoms with van der Waals surface area (Å²) in [5.41, 5.74) is 15.9. The molecule has 0 unspecified atom stereocenters. The molecule has 0 aromatic heterocycles. The highest BCUT2D eigenvalue weighted by atomic mass is 28.3. The molecule has 0 aliphatic heterocycles. The van der Waals surface area contributed by atoms with Crippen molar-refractivity contribution in [1.82, 2.24) is 0 Å². The van der Waals surface area contributed by atoms with Gasteiger partial charge >= 0.3 is 0 Å². The van der Waals surface area contributed by atoms with Crippen LogP contribution in [0.2, 0.25) is 36.3 Å². The minimum absolute atomic E-state index is 0.0199. The van der Waals surface area contributed by atoms with Crippen LogP contribution in [-0.4, -0.2) is 16.1 Å². The van der Waals surface area contributed by atoms with E-state index in [1.165, 1.54) is 49.4 Å². The third kappa shape index (κ3) is 7.41. The molecule has 0 spiro atoms. The molecule has 0 fully saturated rings. The van der Waals surface area contributed by atoms with Crippen LogP contribution in [0.1, 0.15) is 104 Å². The number of hydrogen-bond acceptors (Lipinski definition) is 0. The SMILES string of the molecule is CC(C)[Si](C#Cc1c(C(C)(C)Cc2ccc3ccc(C(C)(C)C)c(C#C[Si](C)(C)C)c3c2)ccc2ccccc12)(C(C)C)C(C)C. The summed E-state index contributed by atoms with van der Waals surface area (Å²) in [5, 5.41) is 5.09. The summed E-state index contributed by atoms with van der Waals surface area (Å²) in [6, 6.07) is 25.1. The summed E-state index contributed by atoms with van der Waals surface area (Å²) in [6.07, 6.45) is 0.928. The zero-order chi connectivity index (χ0) is 34.2. The number of fused-ring (bicyclic) bond motifs is 2. The molecule has 4 rings (SSSR count). The van der Waals surface area contributed by atoms with Crippen molar-refractivity contribution in [2.24, 2.45) is 0 Å². The van der Waals surface area contributed by atoms with Crippen LogP contribution in [0, 0.1) is 22.9 Å². The van der Waals surface area contributed by atoms with Gasteiger partial charge in [-0.3, -0.25) is 0 Å². The van der Waals surface area contributed by atoms with E-state index in [0.29, 0.717) is 16.6 Å². The molecular formula is C44H58Si2. The molecule has 0 aliphatic carbocycles. The first-order chi connectivity index (χ1) is 21.3. The van der Waals surface area contributed by atoms with Crippen molar-refractivity contribution < 1.29 is 0 Å². The van der Waals surface area contributed by atoms with E-state index < -0.39 is 16.1 Å². The van der Waals surface area contributed by atoms with E-state index in [4.69, 9.17) is 0 Å².